The second-order valence-electron chi connectivity index (χ2n) is 3.45. The molecule has 0 saturated heterocycles. The van der Waals surface area contributed by atoms with Gasteiger partial charge in [-0.3, -0.25) is 0 Å². The lowest BCUT2D eigenvalue weighted by Gasteiger charge is -2.00. The first-order valence-electron chi connectivity index (χ1n) is 4.42. The predicted molar refractivity (Wildman–Crippen MR) is 56.4 cm³/mol. The Morgan fingerprint density at radius 3 is 2.64 bits per heavy atom. The third-order valence-electron chi connectivity index (χ3n) is 2.40. The SMILES string of the molecule is O=C(O)N[C@@H]1C[C@H]1c1ccc(Br)cc1. The summed E-state index contributed by atoms with van der Waals surface area (Å²) in [6.45, 7) is 0. The molecule has 0 spiro atoms. The van der Waals surface area contributed by atoms with E-state index >= 15 is 0 Å². The zero-order chi connectivity index (χ0) is 10.1. The first-order chi connectivity index (χ1) is 6.66. The number of amides is 1. The van der Waals surface area contributed by atoms with Crippen LogP contribution in [0.15, 0.2) is 28.7 Å². The van der Waals surface area contributed by atoms with Gasteiger partial charge in [0, 0.05) is 16.4 Å². The number of benzene rings is 1. The molecule has 1 amide bonds. The van der Waals surface area contributed by atoms with E-state index in [1.807, 2.05) is 24.3 Å². The Bertz CT molecular complexity index is 350. The molecule has 0 bridgehead atoms. The third kappa shape index (κ3) is 2.07. The van der Waals surface area contributed by atoms with Crippen molar-refractivity contribution in [1.82, 2.24) is 5.32 Å². The van der Waals surface area contributed by atoms with Crippen molar-refractivity contribution >= 4 is 22.0 Å². The minimum atomic E-state index is -0.936. The van der Waals surface area contributed by atoms with E-state index in [1.54, 1.807) is 0 Å². The van der Waals surface area contributed by atoms with Crippen LogP contribution in [-0.2, 0) is 0 Å². The molecule has 1 fully saturated rings. The second kappa shape index (κ2) is 3.61. The van der Waals surface area contributed by atoms with Gasteiger partial charge in [-0.05, 0) is 24.1 Å². The van der Waals surface area contributed by atoms with Crippen molar-refractivity contribution in [2.75, 3.05) is 0 Å². The Hall–Kier alpha value is -1.03. The molecule has 1 aromatic rings. The largest absolute Gasteiger partial charge is 0.465 e. The molecule has 1 aromatic carbocycles. The summed E-state index contributed by atoms with van der Waals surface area (Å²) in [6.07, 6.45) is -0.0249. The highest BCUT2D eigenvalue weighted by Crippen LogP contribution is 2.40. The van der Waals surface area contributed by atoms with Crippen LogP contribution in [0.3, 0.4) is 0 Å². The molecule has 3 nitrogen and oxygen atoms in total. The van der Waals surface area contributed by atoms with E-state index in [9.17, 15) is 4.79 Å². The lowest BCUT2D eigenvalue weighted by Crippen LogP contribution is -2.24. The standard InChI is InChI=1S/C10H10BrNO2/c11-7-3-1-6(2-4-7)8-5-9(8)12-10(13)14/h1-4,8-9,12H,5H2,(H,13,14)/t8-,9+/m0/s1. The van der Waals surface area contributed by atoms with Crippen LogP contribution >= 0.6 is 15.9 Å². The van der Waals surface area contributed by atoms with Crippen molar-refractivity contribution in [1.29, 1.82) is 0 Å². The maximum absolute atomic E-state index is 10.4. The van der Waals surface area contributed by atoms with Crippen molar-refractivity contribution in [3.05, 3.63) is 34.3 Å². The quantitative estimate of drug-likeness (QED) is 0.854. The molecule has 0 unspecified atom stereocenters. The molecule has 14 heavy (non-hydrogen) atoms. The average Bonchev–Trinajstić information content (AvgIpc) is 2.84. The number of rotatable bonds is 2. The number of hydrogen-bond donors (Lipinski definition) is 2. The first kappa shape index (κ1) is 9.52. The van der Waals surface area contributed by atoms with Gasteiger partial charge in [0.15, 0.2) is 0 Å². The number of halogens is 1. The Morgan fingerprint density at radius 1 is 1.43 bits per heavy atom. The summed E-state index contributed by atoms with van der Waals surface area (Å²) >= 11 is 3.36. The molecular weight excluding hydrogens is 246 g/mol. The normalized spacial score (nSPS) is 24.4. The van der Waals surface area contributed by atoms with Crippen molar-refractivity contribution in [2.45, 2.75) is 18.4 Å². The smallest absolute Gasteiger partial charge is 0.404 e. The zero-order valence-corrected chi connectivity index (χ0v) is 8.99. The summed E-state index contributed by atoms with van der Waals surface area (Å²) in [4.78, 5) is 10.4. The minimum absolute atomic E-state index is 0.105. The fourth-order valence-corrected chi connectivity index (χ4v) is 1.86. The van der Waals surface area contributed by atoms with Gasteiger partial charge in [-0.25, -0.2) is 4.79 Å². The molecular formula is C10H10BrNO2. The lowest BCUT2D eigenvalue weighted by molar-refractivity contribution is 0.193. The van der Waals surface area contributed by atoms with Crippen LogP contribution in [0.25, 0.3) is 0 Å². The monoisotopic (exact) mass is 255 g/mol. The maximum atomic E-state index is 10.4. The van der Waals surface area contributed by atoms with Gasteiger partial charge in [0.25, 0.3) is 0 Å². The molecule has 0 aromatic heterocycles. The van der Waals surface area contributed by atoms with E-state index < -0.39 is 6.09 Å². The molecule has 2 rings (SSSR count). The van der Waals surface area contributed by atoms with Crippen LogP contribution < -0.4 is 5.32 Å². The summed E-state index contributed by atoms with van der Waals surface area (Å²) in [6, 6.07) is 8.11. The topological polar surface area (TPSA) is 49.3 Å². The number of hydrogen-bond acceptors (Lipinski definition) is 1. The van der Waals surface area contributed by atoms with Crippen molar-refractivity contribution in [2.24, 2.45) is 0 Å². The maximum Gasteiger partial charge on any atom is 0.404 e. The predicted octanol–water partition coefficient (Wildman–Crippen LogP) is 2.57. The van der Waals surface area contributed by atoms with E-state index in [0.717, 1.165) is 10.9 Å². The average molecular weight is 256 g/mol. The van der Waals surface area contributed by atoms with Gasteiger partial charge >= 0.3 is 6.09 Å². The van der Waals surface area contributed by atoms with Crippen LogP contribution in [0.1, 0.15) is 17.9 Å². The minimum Gasteiger partial charge on any atom is -0.465 e. The fraction of sp³-hybridized carbons (Fsp3) is 0.300. The van der Waals surface area contributed by atoms with Gasteiger partial charge in [0.05, 0.1) is 0 Å². The van der Waals surface area contributed by atoms with Crippen LogP contribution in [0, 0.1) is 0 Å². The van der Waals surface area contributed by atoms with Gasteiger partial charge in [0.2, 0.25) is 0 Å². The molecule has 2 N–H and O–H groups in total. The first-order valence-corrected chi connectivity index (χ1v) is 5.21. The van der Waals surface area contributed by atoms with Gasteiger partial charge in [0.1, 0.15) is 0 Å². The van der Waals surface area contributed by atoms with Crippen LogP contribution in [0.4, 0.5) is 4.79 Å². The third-order valence-corrected chi connectivity index (χ3v) is 2.93. The molecule has 1 aliphatic rings. The molecule has 2 atom stereocenters. The molecule has 1 saturated carbocycles. The number of carboxylic acid groups (broad SMARTS) is 1. The molecule has 1 aliphatic carbocycles. The van der Waals surface area contributed by atoms with Gasteiger partial charge in [-0.15, -0.1) is 0 Å². The highest BCUT2D eigenvalue weighted by atomic mass is 79.9. The Labute approximate surface area is 90.3 Å². The Morgan fingerprint density at radius 2 is 2.07 bits per heavy atom. The number of nitrogens with one attached hydrogen (secondary N) is 1. The summed E-state index contributed by atoms with van der Waals surface area (Å²) in [7, 11) is 0. The van der Waals surface area contributed by atoms with Crippen LogP contribution in [0.5, 0.6) is 0 Å². The van der Waals surface area contributed by atoms with Gasteiger partial charge in [-0.2, -0.15) is 0 Å². The van der Waals surface area contributed by atoms with E-state index in [2.05, 4.69) is 21.2 Å². The zero-order valence-electron chi connectivity index (χ0n) is 7.40. The molecule has 0 aliphatic heterocycles. The molecule has 0 radical (unpaired) electrons. The van der Waals surface area contributed by atoms with Crippen molar-refractivity contribution in [3.63, 3.8) is 0 Å². The summed E-state index contributed by atoms with van der Waals surface area (Å²) in [5.74, 6) is 0.360. The Balaban J connectivity index is 1.99. The van der Waals surface area contributed by atoms with E-state index in [0.29, 0.717) is 5.92 Å². The Kier molecular flexibility index (Phi) is 2.46. The van der Waals surface area contributed by atoms with Gasteiger partial charge < -0.3 is 10.4 Å². The highest BCUT2D eigenvalue weighted by Gasteiger charge is 2.39. The molecule has 0 heterocycles. The summed E-state index contributed by atoms with van der Waals surface area (Å²) < 4.78 is 1.05. The fourth-order valence-electron chi connectivity index (χ4n) is 1.59. The molecule has 4 heteroatoms. The highest BCUT2D eigenvalue weighted by molar-refractivity contribution is 9.10. The molecule has 74 valence electrons. The van der Waals surface area contributed by atoms with Crippen molar-refractivity contribution < 1.29 is 9.90 Å². The van der Waals surface area contributed by atoms with Crippen LogP contribution in [-0.4, -0.2) is 17.2 Å². The van der Waals surface area contributed by atoms with E-state index in [-0.39, 0.29) is 6.04 Å². The number of carbonyl (C=O) groups is 1. The second-order valence-corrected chi connectivity index (χ2v) is 4.37. The lowest BCUT2D eigenvalue weighted by atomic mass is 10.1. The van der Waals surface area contributed by atoms with Gasteiger partial charge in [-0.1, -0.05) is 28.1 Å². The van der Waals surface area contributed by atoms with Crippen LogP contribution in [0.2, 0.25) is 0 Å². The van der Waals surface area contributed by atoms with Crippen molar-refractivity contribution in [3.8, 4) is 0 Å². The summed E-state index contributed by atoms with van der Waals surface area (Å²) in [5, 5.41) is 11.0. The van der Waals surface area contributed by atoms with E-state index in [1.165, 1.54) is 5.56 Å². The summed E-state index contributed by atoms with van der Waals surface area (Å²) in [5.41, 5.74) is 1.20. The van der Waals surface area contributed by atoms with E-state index in [4.69, 9.17) is 5.11 Å².